The van der Waals surface area contributed by atoms with E-state index in [-0.39, 0.29) is 12.1 Å². The first-order valence-corrected chi connectivity index (χ1v) is 12.0. The Kier molecular flexibility index (Phi) is 9.01. The molecule has 0 aliphatic carbocycles. The van der Waals surface area contributed by atoms with Crippen LogP contribution in [-0.2, 0) is 21.4 Å². The second kappa shape index (κ2) is 11.1. The SMILES string of the molecule is CS(=O)(=O)NCc1ccc(-c2ccc([C@@H](O)[C@@H](CF)NC(=O)CSC(F)(F)F)cc2)cn1. The van der Waals surface area contributed by atoms with Gasteiger partial charge in [-0.2, -0.15) is 13.2 Å². The normalized spacial score (nSPS) is 14.1. The first-order chi connectivity index (χ1) is 14.9. The van der Waals surface area contributed by atoms with Gasteiger partial charge < -0.3 is 10.4 Å². The largest absolute Gasteiger partial charge is 0.442 e. The second-order valence-electron chi connectivity index (χ2n) is 6.76. The van der Waals surface area contributed by atoms with Crippen molar-refractivity contribution in [3.63, 3.8) is 0 Å². The van der Waals surface area contributed by atoms with Crippen molar-refractivity contribution in [1.82, 2.24) is 15.0 Å². The topological polar surface area (TPSA) is 108 Å². The van der Waals surface area contributed by atoms with Gasteiger partial charge in [0.25, 0.3) is 0 Å². The van der Waals surface area contributed by atoms with Crippen molar-refractivity contribution in [2.45, 2.75) is 24.2 Å². The highest BCUT2D eigenvalue weighted by Gasteiger charge is 2.30. The molecule has 1 amide bonds. The molecule has 3 N–H and O–H groups in total. The van der Waals surface area contributed by atoms with E-state index in [1.54, 1.807) is 24.3 Å². The number of aromatic nitrogens is 1. The molecule has 0 bridgehead atoms. The number of aliphatic hydroxyl groups is 1. The van der Waals surface area contributed by atoms with Crippen LogP contribution in [0.15, 0.2) is 42.6 Å². The van der Waals surface area contributed by atoms with Gasteiger partial charge in [0.15, 0.2) is 0 Å². The number of sulfonamides is 1. The van der Waals surface area contributed by atoms with Crippen LogP contribution in [0.25, 0.3) is 11.1 Å². The van der Waals surface area contributed by atoms with E-state index in [1.165, 1.54) is 18.3 Å². The number of pyridine rings is 1. The van der Waals surface area contributed by atoms with Gasteiger partial charge in [-0.3, -0.25) is 9.78 Å². The maximum atomic E-state index is 13.3. The number of benzene rings is 1. The molecule has 32 heavy (non-hydrogen) atoms. The molecule has 0 saturated heterocycles. The van der Waals surface area contributed by atoms with Crippen molar-refractivity contribution in [1.29, 1.82) is 0 Å². The van der Waals surface area contributed by atoms with Crippen LogP contribution < -0.4 is 10.0 Å². The summed E-state index contributed by atoms with van der Waals surface area (Å²) in [5.74, 6) is -1.98. The number of carbonyl (C=O) groups excluding carboxylic acids is 1. The molecule has 0 radical (unpaired) electrons. The quantitative estimate of drug-likeness (QED) is 0.437. The van der Waals surface area contributed by atoms with E-state index in [2.05, 4.69) is 15.0 Å². The molecule has 2 rings (SSSR count). The molecule has 0 saturated carbocycles. The molecular weight excluding hydrogens is 474 g/mol. The van der Waals surface area contributed by atoms with Crippen LogP contribution >= 0.6 is 11.8 Å². The molecule has 7 nitrogen and oxygen atoms in total. The summed E-state index contributed by atoms with van der Waals surface area (Å²) in [6.07, 6.45) is 1.11. The lowest BCUT2D eigenvalue weighted by Gasteiger charge is -2.22. The Morgan fingerprint density at radius 2 is 1.78 bits per heavy atom. The Morgan fingerprint density at radius 3 is 2.28 bits per heavy atom. The summed E-state index contributed by atoms with van der Waals surface area (Å²) in [7, 11) is -3.34. The minimum atomic E-state index is -4.59. The van der Waals surface area contributed by atoms with Crippen LogP contribution in [0.5, 0.6) is 0 Å². The first-order valence-electron chi connectivity index (χ1n) is 9.12. The lowest BCUT2D eigenvalue weighted by atomic mass is 9.99. The number of thioether (sulfide) groups is 1. The fourth-order valence-electron chi connectivity index (χ4n) is 2.61. The third-order valence-electron chi connectivity index (χ3n) is 4.19. The average molecular weight is 496 g/mol. The van der Waals surface area contributed by atoms with Gasteiger partial charge >= 0.3 is 5.51 Å². The van der Waals surface area contributed by atoms with Crippen LogP contribution in [-0.4, -0.2) is 54.6 Å². The molecule has 1 aromatic carbocycles. The standard InChI is InChI=1S/C19H21F4N3O4S2/c1-32(29,30)25-10-15-7-6-14(9-24-15)12-2-4-13(5-3-12)18(28)16(8-20)26-17(27)11-31-19(21,22)23/h2-7,9,16,18,25,28H,8,10-11H2,1H3,(H,26,27)/t16-,18-/m1/s1. The van der Waals surface area contributed by atoms with Gasteiger partial charge in [0.1, 0.15) is 12.8 Å². The maximum Gasteiger partial charge on any atom is 0.442 e. The van der Waals surface area contributed by atoms with E-state index in [0.717, 1.165) is 6.26 Å². The predicted octanol–water partition coefficient (Wildman–Crippen LogP) is 2.54. The average Bonchev–Trinajstić information content (AvgIpc) is 2.73. The van der Waals surface area contributed by atoms with Crippen molar-refractivity contribution in [2.24, 2.45) is 0 Å². The summed E-state index contributed by atoms with van der Waals surface area (Å²) in [5.41, 5.74) is -2.40. The number of carbonyl (C=O) groups is 1. The van der Waals surface area contributed by atoms with Crippen LogP contribution in [0.3, 0.4) is 0 Å². The van der Waals surface area contributed by atoms with Crippen LogP contribution in [0.1, 0.15) is 17.4 Å². The number of hydrogen-bond donors (Lipinski definition) is 3. The van der Waals surface area contributed by atoms with Crippen molar-refractivity contribution < 1.29 is 35.9 Å². The molecule has 2 atom stereocenters. The molecule has 2 aromatic rings. The van der Waals surface area contributed by atoms with Gasteiger partial charge in [-0.15, -0.1) is 0 Å². The van der Waals surface area contributed by atoms with Gasteiger partial charge in [-0.1, -0.05) is 30.3 Å². The van der Waals surface area contributed by atoms with E-state index in [0.29, 0.717) is 16.8 Å². The van der Waals surface area contributed by atoms with Gasteiger partial charge in [-0.05, 0) is 29.0 Å². The number of halogens is 4. The Labute approximate surface area is 186 Å². The summed E-state index contributed by atoms with van der Waals surface area (Å²) >= 11 is -0.549. The van der Waals surface area contributed by atoms with Crippen LogP contribution in [0, 0.1) is 0 Å². The van der Waals surface area contributed by atoms with Gasteiger partial charge in [-0.25, -0.2) is 17.5 Å². The predicted molar refractivity (Wildman–Crippen MR) is 113 cm³/mol. The first kappa shape index (κ1) is 26.0. The van der Waals surface area contributed by atoms with Crippen molar-refractivity contribution >= 4 is 27.7 Å². The number of nitrogens with one attached hydrogen (secondary N) is 2. The summed E-state index contributed by atoms with van der Waals surface area (Å²) in [6.45, 7) is -1.12. The Balaban J connectivity index is 2.01. The highest BCUT2D eigenvalue weighted by molar-refractivity contribution is 8.00. The minimum absolute atomic E-state index is 0.0437. The number of nitrogens with zero attached hydrogens (tertiary/aromatic N) is 1. The third-order valence-corrected chi connectivity index (χ3v) is 5.59. The van der Waals surface area contributed by atoms with Gasteiger partial charge in [0.05, 0.1) is 30.3 Å². The maximum absolute atomic E-state index is 13.3. The molecule has 0 spiro atoms. The smallest absolute Gasteiger partial charge is 0.386 e. The number of aliphatic hydroxyl groups excluding tert-OH is 1. The summed E-state index contributed by atoms with van der Waals surface area (Å²) in [6, 6.07) is 8.22. The molecule has 0 aliphatic heterocycles. The second-order valence-corrected chi connectivity index (χ2v) is 9.63. The monoisotopic (exact) mass is 495 g/mol. The third kappa shape index (κ3) is 8.73. The Hall–Kier alpha value is -2.22. The lowest BCUT2D eigenvalue weighted by molar-refractivity contribution is -0.120. The van der Waals surface area contributed by atoms with E-state index in [4.69, 9.17) is 0 Å². The number of amides is 1. The highest BCUT2D eigenvalue weighted by Crippen LogP contribution is 2.30. The number of rotatable bonds is 10. The molecule has 0 aliphatic rings. The van der Waals surface area contributed by atoms with Crippen LogP contribution in [0.4, 0.5) is 17.6 Å². The number of hydrogen-bond acceptors (Lipinski definition) is 6. The van der Waals surface area contributed by atoms with E-state index < -0.39 is 57.8 Å². The molecule has 0 fully saturated rings. The summed E-state index contributed by atoms with van der Waals surface area (Å²) < 4.78 is 74.4. The lowest BCUT2D eigenvalue weighted by Crippen LogP contribution is -2.42. The summed E-state index contributed by atoms with van der Waals surface area (Å²) in [5, 5.41) is 12.4. The molecule has 1 heterocycles. The van der Waals surface area contributed by atoms with E-state index >= 15 is 0 Å². The fourth-order valence-corrected chi connectivity index (χ4v) is 3.40. The fraction of sp³-hybridized carbons (Fsp3) is 0.368. The van der Waals surface area contributed by atoms with E-state index in [1.807, 2.05) is 0 Å². The highest BCUT2D eigenvalue weighted by atomic mass is 32.2. The summed E-state index contributed by atoms with van der Waals surface area (Å²) in [4.78, 5) is 15.8. The molecule has 1 aromatic heterocycles. The Morgan fingerprint density at radius 1 is 1.16 bits per heavy atom. The van der Waals surface area contributed by atoms with Crippen molar-refractivity contribution in [3.05, 3.63) is 53.9 Å². The molecule has 13 heteroatoms. The number of alkyl halides is 4. The van der Waals surface area contributed by atoms with Crippen LogP contribution in [0.2, 0.25) is 0 Å². The zero-order valence-electron chi connectivity index (χ0n) is 16.8. The van der Waals surface area contributed by atoms with Gasteiger partial charge in [0.2, 0.25) is 15.9 Å². The Bertz CT molecular complexity index is 1000. The van der Waals surface area contributed by atoms with Crippen molar-refractivity contribution in [2.75, 3.05) is 18.7 Å². The minimum Gasteiger partial charge on any atom is -0.386 e. The zero-order chi connectivity index (χ0) is 23.9. The van der Waals surface area contributed by atoms with E-state index in [9.17, 15) is 35.9 Å². The van der Waals surface area contributed by atoms with Crippen molar-refractivity contribution in [3.8, 4) is 11.1 Å². The molecular formula is C19H21F4N3O4S2. The zero-order valence-corrected chi connectivity index (χ0v) is 18.4. The molecule has 176 valence electrons. The molecule has 0 unspecified atom stereocenters. The van der Waals surface area contributed by atoms with Gasteiger partial charge in [0, 0.05) is 11.8 Å².